The van der Waals surface area contributed by atoms with E-state index in [4.69, 9.17) is 0 Å². The minimum Gasteiger partial charge on any atom is -0.352 e. The molecule has 1 amide bonds. The first kappa shape index (κ1) is 22.0. The van der Waals surface area contributed by atoms with Gasteiger partial charge in [-0.05, 0) is 66.6 Å². The number of aromatic amines is 2. The average molecular weight is 464 g/mol. The van der Waals surface area contributed by atoms with Gasteiger partial charge < -0.3 is 15.3 Å². The van der Waals surface area contributed by atoms with E-state index in [9.17, 15) is 18.0 Å². The Kier molecular flexibility index (Phi) is 5.96. The molecule has 4 aromatic rings. The van der Waals surface area contributed by atoms with E-state index >= 15 is 0 Å². The summed E-state index contributed by atoms with van der Waals surface area (Å²) in [7, 11) is 0. The van der Waals surface area contributed by atoms with Crippen LogP contribution in [0.2, 0.25) is 0 Å². The zero-order valence-corrected chi connectivity index (χ0v) is 18.3. The summed E-state index contributed by atoms with van der Waals surface area (Å²) in [6.45, 7) is 0.376. The highest BCUT2D eigenvalue weighted by Crippen LogP contribution is 2.38. The van der Waals surface area contributed by atoms with E-state index in [2.05, 4.69) is 26.3 Å². The fourth-order valence-corrected chi connectivity index (χ4v) is 4.50. The van der Waals surface area contributed by atoms with Gasteiger partial charge in [-0.15, -0.1) is 0 Å². The number of nitrogens with zero attached hydrogens (tertiary/aromatic N) is 1. The van der Waals surface area contributed by atoms with Crippen molar-refractivity contribution in [2.45, 2.75) is 32.2 Å². The average Bonchev–Trinajstić information content (AvgIpc) is 3.42. The lowest BCUT2D eigenvalue weighted by Crippen LogP contribution is -2.28. The van der Waals surface area contributed by atoms with Crippen molar-refractivity contribution < 1.29 is 18.0 Å². The second-order valence-corrected chi connectivity index (χ2v) is 8.65. The standard InChI is InChI=1S/C26H23F3N4O/c27-18-4-2-17(3-5-18)25-20(21-12-19(28)13-22(29)26(21)33-25)6-1-15-9-16(10-15)11-24(34)32-14-23-30-7-8-31-23/h1-5,7-8,12-13,16,33H,6,9-11,14H2,(H,30,31)(H,32,34). The molecule has 3 N–H and O–H groups in total. The van der Waals surface area contributed by atoms with E-state index in [0.29, 0.717) is 41.9 Å². The number of H-pyrrole nitrogens is 2. The number of carbonyl (C=O) groups excluding carboxylic acids is 1. The molecule has 5 rings (SSSR count). The van der Waals surface area contributed by atoms with Crippen LogP contribution >= 0.6 is 0 Å². The zero-order valence-electron chi connectivity index (χ0n) is 18.3. The number of halogens is 3. The first-order valence-electron chi connectivity index (χ1n) is 11.1. The Balaban J connectivity index is 1.29. The molecule has 0 unspecified atom stereocenters. The molecule has 1 aliphatic rings. The van der Waals surface area contributed by atoms with Gasteiger partial charge in [0, 0.05) is 30.3 Å². The molecule has 5 nitrogen and oxygen atoms in total. The van der Waals surface area contributed by atoms with Crippen LogP contribution in [0.1, 0.15) is 30.7 Å². The van der Waals surface area contributed by atoms with Gasteiger partial charge in [0.15, 0.2) is 0 Å². The van der Waals surface area contributed by atoms with Crippen molar-refractivity contribution in [1.29, 1.82) is 0 Å². The first-order valence-corrected chi connectivity index (χ1v) is 11.1. The third-order valence-electron chi connectivity index (χ3n) is 6.24. The number of hydrogen-bond donors (Lipinski definition) is 3. The highest BCUT2D eigenvalue weighted by molar-refractivity contribution is 5.91. The van der Waals surface area contributed by atoms with Crippen LogP contribution in [0.25, 0.3) is 22.2 Å². The molecule has 1 saturated carbocycles. The first-order chi connectivity index (χ1) is 16.5. The SMILES string of the molecule is O=C(CC1CC(=CCc2c(-c3ccc(F)cc3)[nH]c3c(F)cc(F)cc23)C1)NCc1ncc[nH]1. The molecule has 2 heterocycles. The van der Waals surface area contributed by atoms with E-state index in [-0.39, 0.29) is 23.2 Å². The number of hydrogen-bond acceptors (Lipinski definition) is 2. The molecule has 0 radical (unpaired) electrons. The van der Waals surface area contributed by atoms with E-state index < -0.39 is 11.6 Å². The topological polar surface area (TPSA) is 73.6 Å². The van der Waals surface area contributed by atoms with Crippen LogP contribution in [0, 0.1) is 23.4 Å². The Morgan fingerprint density at radius 3 is 2.65 bits per heavy atom. The lowest BCUT2D eigenvalue weighted by atomic mass is 9.77. The molecule has 0 atom stereocenters. The summed E-state index contributed by atoms with van der Waals surface area (Å²) >= 11 is 0. The van der Waals surface area contributed by atoms with Crippen molar-refractivity contribution in [3.05, 3.63) is 89.3 Å². The molecule has 8 heteroatoms. The summed E-state index contributed by atoms with van der Waals surface area (Å²) in [6.07, 6.45) is 7.96. The maximum atomic E-state index is 14.4. The number of fused-ring (bicyclic) bond motifs is 1. The number of allylic oxidation sites excluding steroid dienone is 2. The van der Waals surface area contributed by atoms with Gasteiger partial charge in [0.2, 0.25) is 5.91 Å². The normalized spacial score (nSPS) is 15.4. The molecule has 0 aliphatic heterocycles. The monoisotopic (exact) mass is 464 g/mol. The zero-order chi connectivity index (χ0) is 23.7. The number of rotatable bonds is 7. The van der Waals surface area contributed by atoms with Crippen LogP contribution in [0.5, 0.6) is 0 Å². The number of imidazole rings is 1. The van der Waals surface area contributed by atoms with Gasteiger partial charge in [0.1, 0.15) is 23.3 Å². The Morgan fingerprint density at radius 1 is 1.12 bits per heavy atom. The van der Waals surface area contributed by atoms with Crippen LogP contribution in [-0.4, -0.2) is 20.9 Å². The maximum Gasteiger partial charge on any atom is 0.220 e. The summed E-state index contributed by atoms with van der Waals surface area (Å²) in [5.41, 5.74) is 3.54. The van der Waals surface area contributed by atoms with Gasteiger partial charge in [-0.3, -0.25) is 4.79 Å². The second kappa shape index (κ2) is 9.21. The Labute approximate surface area is 194 Å². The smallest absolute Gasteiger partial charge is 0.220 e. The minimum absolute atomic E-state index is 0.0124. The van der Waals surface area contributed by atoms with Gasteiger partial charge in [-0.2, -0.15) is 0 Å². The molecule has 2 aromatic carbocycles. The van der Waals surface area contributed by atoms with E-state index in [1.54, 1.807) is 24.5 Å². The predicted molar refractivity (Wildman–Crippen MR) is 123 cm³/mol. The van der Waals surface area contributed by atoms with Crippen LogP contribution in [0.15, 0.2) is 60.4 Å². The van der Waals surface area contributed by atoms with Gasteiger partial charge in [0.05, 0.1) is 17.8 Å². The summed E-state index contributed by atoms with van der Waals surface area (Å²) in [4.78, 5) is 22.2. The van der Waals surface area contributed by atoms with Gasteiger partial charge in [0.25, 0.3) is 0 Å². The largest absolute Gasteiger partial charge is 0.352 e. The summed E-state index contributed by atoms with van der Waals surface area (Å²) in [6, 6.07) is 8.09. The third-order valence-corrected chi connectivity index (χ3v) is 6.24. The van der Waals surface area contributed by atoms with Gasteiger partial charge in [-0.1, -0.05) is 11.6 Å². The van der Waals surface area contributed by atoms with Crippen molar-refractivity contribution in [2.75, 3.05) is 0 Å². The molecule has 0 spiro atoms. The fourth-order valence-electron chi connectivity index (χ4n) is 4.50. The third kappa shape index (κ3) is 4.62. The second-order valence-electron chi connectivity index (χ2n) is 8.65. The van der Waals surface area contributed by atoms with Crippen LogP contribution in [-0.2, 0) is 17.8 Å². The minimum atomic E-state index is -0.665. The Bertz CT molecular complexity index is 1350. The van der Waals surface area contributed by atoms with Crippen molar-refractivity contribution >= 4 is 16.8 Å². The fraction of sp³-hybridized carbons (Fsp3) is 0.231. The molecule has 2 aromatic heterocycles. The summed E-state index contributed by atoms with van der Waals surface area (Å²) in [5.74, 6) is -0.700. The lowest BCUT2D eigenvalue weighted by molar-refractivity contribution is -0.122. The number of carbonyl (C=O) groups is 1. The van der Waals surface area contributed by atoms with Crippen LogP contribution in [0.4, 0.5) is 13.2 Å². The van der Waals surface area contributed by atoms with E-state index in [1.807, 2.05) is 0 Å². The van der Waals surface area contributed by atoms with Crippen LogP contribution in [0.3, 0.4) is 0 Å². The Morgan fingerprint density at radius 2 is 1.91 bits per heavy atom. The molecule has 1 fully saturated rings. The summed E-state index contributed by atoms with van der Waals surface area (Å²) in [5, 5.41) is 3.33. The predicted octanol–water partition coefficient (Wildman–Crippen LogP) is 5.56. The number of nitrogens with one attached hydrogen (secondary N) is 3. The number of benzene rings is 2. The lowest BCUT2D eigenvalue weighted by Gasteiger charge is -2.29. The van der Waals surface area contributed by atoms with Gasteiger partial charge in [-0.25, -0.2) is 18.2 Å². The number of amides is 1. The molecule has 1 aliphatic carbocycles. The quantitative estimate of drug-likeness (QED) is 0.313. The molecule has 0 saturated heterocycles. The van der Waals surface area contributed by atoms with Gasteiger partial charge >= 0.3 is 0 Å². The van der Waals surface area contributed by atoms with Crippen molar-refractivity contribution in [3.8, 4) is 11.3 Å². The molecular weight excluding hydrogens is 441 g/mol. The Hall–Kier alpha value is -3.81. The van der Waals surface area contributed by atoms with E-state index in [1.165, 1.54) is 23.8 Å². The summed E-state index contributed by atoms with van der Waals surface area (Å²) < 4.78 is 41.8. The van der Waals surface area contributed by atoms with E-state index in [0.717, 1.165) is 24.5 Å². The number of aromatic nitrogens is 3. The molecule has 174 valence electrons. The highest BCUT2D eigenvalue weighted by Gasteiger charge is 2.26. The van der Waals surface area contributed by atoms with Crippen molar-refractivity contribution in [1.82, 2.24) is 20.3 Å². The molecule has 0 bridgehead atoms. The van der Waals surface area contributed by atoms with Crippen molar-refractivity contribution in [3.63, 3.8) is 0 Å². The molecular formula is C26H23F3N4O. The van der Waals surface area contributed by atoms with Crippen LogP contribution < -0.4 is 5.32 Å². The highest BCUT2D eigenvalue weighted by atomic mass is 19.1. The van der Waals surface area contributed by atoms with Crippen molar-refractivity contribution in [2.24, 2.45) is 5.92 Å². The maximum absolute atomic E-state index is 14.4. The molecule has 34 heavy (non-hydrogen) atoms.